The van der Waals surface area contributed by atoms with Gasteiger partial charge in [0.25, 0.3) is 0 Å². The Kier molecular flexibility index (Phi) is 5.74. The van der Waals surface area contributed by atoms with Crippen molar-refractivity contribution < 1.29 is 0 Å². The Morgan fingerprint density at radius 1 is 0.167 bits per heavy atom. The van der Waals surface area contributed by atoms with Crippen LogP contribution in [0.1, 0.15) is 0 Å². The van der Waals surface area contributed by atoms with Crippen molar-refractivity contribution in [2.75, 3.05) is 0 Å². The standard InChI is InChI=1S/C60H32/c1-2-13-34-33(12-1)30-53-52-32-55-54(31-51(52)46-25-9-20-39(34)58(46)53)59(49-28-26-47-37-16-5-3-14-35(37)40-21-10-23-44(49)56(40)47)42-18-7-8-19-43(42)60(55)50-29-27-48-38-17-6-4-15-36(38)41-22-11-24-45(50)57(41)48/h1-32H. The SMILES string of the molecule is c1ccc2c(c1)-c1cccc3c(-c4c5ccccc5c(-c5ccc6c7c(cccc57)-c5ccccc5-6)c5cc6c(cc45)-c4cccc5c4c-6cc4ccccc45)ccc-2c13. The molecule has 0 saturated carbocycles. The average molecular weight is 753 g/mol. The van der Waals surface area contributed by atoms with Gasteiger partial charge < -0.3 is 0 Å². The van der Waals surface area contributed by atoms with Gasteiger partial charge in [-0.15, -0.1) is 0 Å². The van der Waals surface area contributed by atoms with E-state index in [2.05, 4.69) is 194 Å². The molecule has 0 nitrogen and oxygen atoms in total. The molecule has 12 aromatic rings. The van der Waals surface area contributed by atoms with Crippen molar-refractivity contribution in [3.63, 3.8) is 0 Å². The lowest BCUT2D eigenvalue weighted by Gasteiger charge is -2.21. The largest absolute Gasteiger partial charge is 0.0616 e. The molecule has 15 rings (SSSR count). The molecule has 0 aromatic heterocycles. The second kappa shape index (κ2) is 11.0. The first-order valence-corrected chi connectivity index (χ1v) is 21.1. The second-order valence-electron chi connectivity index (χ2n) is 17.0. The summed E-state index contributed by atoms with van der Waals surface area (Å²) in [5.74, 6) is 0. The molecule has 3 aliphatic carbocycles. The van der Waals surface area contributed by atoms with Gasteiger partial charge >= 0.3 is 0 Å². The van der Waals surface area contributed by atoms with Gasteiger partial charge in [0, 0.05) is 0 Å². The number of benzene rings is 12. The van der Waals surface area contributed by atoms with Gasteiger partial charge in [0.05, 0.1) is 0 Å². The van der Waals surface area contributed by atoms with Crippen molar-refractivity contribution in [2.45, 2.75) is 0 Å². The minimum absolute atomic E-state index is 1.28. The molecule has 0 aliphatic heterocycles. The lowest BCUT2D eigenvalue weighted by molar-refractivity contribution is 1.68. The molecule has 0 heterocycles. The maximum Gasteiger partial charge on any atom is -0.00199 e. The summed E-state index contributed by atoms with van der Waals surface area (Å²) in [6.07, 6.45) is 0. The molecule has 0 radical (unpaired) electrons. The molecular formula is C60H32. The van der Waals surface area contributed by atoms with Crippen LogP contribution in [-0.4, -0.2) is 0 Å². The zero-order valence-electron chi connectivity index (χ0n) is 32.5. The van der Waals surface area contributed by atoms with Crippen LogP contribution in [0.2, 0.25) is 0 Å². The summed E-state index contributed by atoms with van der Waals surface area (Å²) >= 11 is 0. The summed E-state index contributed by atoms with van der Waals surface area (Å²) in [5, 5.41) is 15.7. The third-order valence-electron chi connectivity index (χ3n) is 14.3. The van der Waals surface area contributed by atoms with E-state index in [-0.39, 0.29) is 0 Å². The van der Waals surface area contributed by atoms with Crippen molar-refractivity contribution in [1.29, 1.82) is 0 Å². The van der Waals surface area contributed by atoms with Crippen LogP contribution in [0, 0.1) is 0 Å². The summed E-state index contributed by atoms with van der Waals surface area (Å²) in [7, 11) is 0. The van der Waals surface area contributed by atoms with Crippen molar-refractivity contribution in [3.8, 4) is 89.0 Å². The summed E-state index contributed by atoms with van der Waals surface area (Å²) in [5.41, 5.74) is 21.1. The molecule has 12 aromatic carbocycles. The molecule has 0 N–H and O–H groups in total. The second-order valence-corrected chi connectivity index (χ2v) is 17.0. The predicted octanol–water partition coefficient (Wildman–Crippen LogP) is 16.9. The van der Waals surface area contributed by atoms with E-state index in [1.165, 1.54) is 154 Å². The van der Waals surface area contributed by atoms with E-state index in [9.17, 15) is 0 Å². The molecule has 0 unspecified atom stereocenters. The molecular weight excluding hydrogens is 721 g/mol. The lowest BCUT2D eigenvalue weighted by atomic mass is 9.81. The van der Waals surface area contributed by atoms with Crippen LogP contribution in [-0.2, 0) is 0 Å². The van der Waals surface area contributed by atoms with Crippen molar-refractivity contribution in [3.05, 3.63) is 194 Å². The normalized spacial score (nSPS) is 12.7. The number of rotatable bonds is 2. The van der Waals surface area contributed by atoms with Crippen LogP contribution in [0.3, 0.4) is 0 Å². The van der Waals surface area contributed by atoms with E-state index in [0.717, 1.165) is 0 Å². The molecule has 272 valence electrons. The zero-order valence-corrected chi connectivity index (χ0v) is 32.5. The Labute approximate surface area is 346 Å². The van der Waals surface area contributed by atoms with Crippen molar-refractivity contribution in [1.82, 2.24) is 0 Å². The highest BCUT2D eigenvalue weighted by atomic mass is 14.3. The maximum atomic E-state index is 2.56. The Morgan fingerprint density at radius 2 is 0.517 bits per heavy atom. The van der Waals surface area contributed by atoms with E-state index in [0.29, 0.717) is 0 Å². The first kappa shape index (κ1) is 31.2. The fraction of sp³-hybridized carbons (Fsp3) is 0. The van der Waals surface area contributed by atoms with Crippen LogP contribution < -0.4 is 0 Å². The third kappa shape index (κ3) is 3.74. The van der Waals surface area contributed by atoms with Crippen LogP contribution >= 0.6 is 0 Å². The maximum absolute atomic E-state index is 2.56. The van der Waals surface area contributed by atoms with Gasteiger partial charge in [-0.1, -0.05) is 176 Å². The summed E-state index contributed by atoms with van der Waals surface area (Å²) in [4.78, 5) is 0. The van der Waals surface area contributed by atoms with Gasteiger partial charge in [-0.3, -0.25) is 0 Å². The molecule has 0 saturated heterocycles. The fourth-order valence-electron chi connectivity index (χ4n) is 11.9. The summed E-state index contributed by atoms with van der Waals surface area (Å²) in [6, 6.07) is 73.9. The monoisotopic (exact) mass is 752 g/mol. The summed E-state index contributed by atoms with van der Waals surface area (Å²) in [6.45, 7) is 0. The minimum Gasteiger partial charge on any atom is -0.0616 e. The molecule has 3 aliphatic rings. The number of hydrogen-bond donors (Lipinski definition) is 0. The van der Waals surface area contributed by atoms with Crippen molar-refractivity contribution >= 4 is 64.6 Å². The van der Waals surface area contributed by atoms with Gasteiger partial charge in [-0.2, -0.15) is 0 Å². The molecule has 0 amide bonds. The first-order chi connectivity index (χ1) is 29.8. The molecule has 0 fully saturated rings. The molecule has 0 heteroatoms. The number of hydrogen-bond acceptors (Lipinski definition) is 0. The van der Waals surface area contributed by atoms with E-state index in [4.69, 9.17) is 0 Å². The van der Waals surface area contributed by atoms with E-state index >= 15 is 0 Å². The molecule has 60 heavy (non-hydrogen) atoms. The number of fused-ring (bicyclic) bond motifs is 13. The molecule has 0 spiro atoms. The third-order valence-corrected chi connectivity index (χ3v) is 14.3. The van der Waals surface area contributed by atoms with Gasteiger partial charge in [-0.25, -0.2) is 0 Å². The predicted molar refractivity (Wildman–Crippen MR) is 256 cm³/mol. The first-order valence-electron chi connectivity index (χ1n) is 21.1. The Morgan fingerprint density at radius 3 is 1.05 bits per heavy atom. The van der Waals surface area contributed by atoms with Gasteiger partial charge in [0.15, 0.2) is 0 Å². The minimum atomic E-state index is 1.28. The lowest BCUT2D eigenvalue weighted by Crippen LogP contribution is -1.94. The average Bonchev–Trinajstić information content (AvgIpc) is 3.93. The molecule has 0 atom stereocenters. The van der Waals surface area contributed by atoms with E-state index < -0.39 is 0 Å². The Hall–Kier alpha value is -7.80. The van der Waals surface area contributed by atoms with Crippen LogP contribution in [0.25, 0.3) is 154 Å². The summed E-state index contributed by atoms with van der Waals surface area (Å²) < 4.78 is 0. The van der Waals surface area contributed by atoms with Crippen LogP contribution in [0.15, 0.2) is 194 Å². The molecule has 0 bridgehead atoms. The van der Waals surface area contributed by atoms with Crippen LogP contribution in [0.4, 0.5) is 0 Å². The highest BCUT2D eigenvalue weighted by Gasteiger charge is 2.30. The smallest absolute Gasteiger partial charge is 0.00199 e. The van der Waals surface area contributed by atoms with E-state index in [1.54, 1.807) is 0 Å². The van der Waals surface area contributed by atoms with E-state index in [1.807, 2.05) is 0 Å². The Bertz CT molecular complexity index is 3930. The van der Waals surface area contributed by atoms with Gasteiger partial charge in [-0.05, 0) is 172 Å². The quantitative estimate of drug-likeness (QED) is 0.122. The van der Waals surface area contributed by atoms with Gasteiger partial charge in [0.2, 0.25) is 0 Å². The highest BCUT2D eigenvalue weighted by Crippen LogP contribution is 2.57. The fourth-order valence-corrected chi connectivity index (χ4v) is 11.9. The highest BCUT2D eigenvalue weighted by molar-refractivity contribution is 6.32. The van der Waals surface area contributed by atoms with Crippen LogP contribution in [0.5, 0.6) is 0 Å². The van der Waals surface area contributed by atoms with Gasteiger partial charge in [0.1, 0.15) is 0 Å². The zero-order chi connectivity index (χ0) is 38.8. The Balaban J connectivity index is 1.12. The topological polar surface area (TPSA) is 0 Å². The van der Waals surface area contributed by atoms with Crippen molar-refractivity contribution in [2.24, 2.45) is 0 Å².